The number of aliphatic hydroxyl groups is 1. The molecule has 4 nitrogen and oxygen atoms in total. The Bertz CT molecular complexity index is 625. The van der Waals surface area contributed by atoms with Crippen LogP contribution in [0.2, 0.25) is 10.0 Å². The second-order valence-electron chi connectivity index (χ2n) is 3.92. The van der Waals surface area contributed by atoms with Gasteiger partial charge in [-0.1, -0.05) is 23.2 Å². The van der Waals surface area contributed by atoms with E-state index in [0.717, 1.165) is 6.07 Å². The summed E-state index contributed by atoms with van der Waals surface area (Å²) in [5.74, 6) is -4.53. The van der Waals surface area contributed by atoms with Crippen LogP contribution >= 0.6 is 23.2 Å². The molecule has 120 valence electrons. The van der Waals surface area contributed by atoms with Crippen LogP contribution < -0.4 is 4.72 Å². The molecule has 0 saturated carbocycles. The van der Waals surface area contributed by atoms with Gasteiger partial charge >= 0.3 is 12.3 Å². The lowest BCUT2D eigenvalue weighted by Gasteiger charge is -2.17. The summed E-state index contributed by atoms with van der Waals surface area (Å²) in [7, 11) is -4.60. The quantitative estimate of drug-likeness (QED) is 0.757. The Morgan fingerprint density at radius 3 is 2.33 bits per heavy atom. The highest BCUT2D eigenvalue weighted by Crippen LogP contribution is 2.30. The molecule has 2 N–H and O–H groups in total. The van der Waals surface area contributed by atoms with Gasteiger partial charge < -0.3 is 5.11 Å². The first-order valence-electron chi connectivity index (χ1n) is 5.25. The van der Waals surface area contributed by atoms with Gasteiger partial charge in [0.15, 0.2) is 0 Å². The molecule has 11 heteroatoms. The van der Waals surface area contributed by atoms with Crippen molar-refractivity contribution in [2.24, 2.45) is 0 Å². The predicted octanol–water partition coefficient (Wildman–Crippen LogP) is 2.66. The zero-order valence-electron chi connectivity index (χ0n) is 10.1. The normalized spacial score (nSPS) is 13.0. The first kappa shape index (κ1) is 18.4. The molecule has 0 aliphatic heterocycles. The topological polar surface area (TPSA) is 66.4 Å². The minimum Gasteiger partial charge on any atom is -0.392 e. The Kier molecular flexibility index (Phi) is 5.84. The van der Waals surface area contributed by atoms with Gasteiger partial charge in [0, 0.05) is 5.02 Å². The van der Waals surface area contributed by atoms with Crippen LogP contribution in [0, 0.1) is 0 Å². The van der Waals surface area contributed by atoms with Crippen molar-refractivity contribution in [1.29, 1.82) is 0 Å². The number of sulfonamides is 1. The lowest BCUT2D eigenvalue weighted by atomic mass is 10.2. The summed E-state index contributed by atoms with van der Waals surface area (Å²) in [6, 6.07) is 2.03. The minimum atomic E-state index is -4.60. The zero-order chi connectivity index (χ0) is 16.4. The van der Waals surface area contributed by atoms with Crippen LogP contribution in [0.15, 0.2) is 17.0 Å². The lowest BCUT2D eigenvalue weighted by Crippen LogP contribution is -2.41. The molecule has 0 amide bonds. The SMILES string of the molecule is O=S(=O)(NCC(F)(F)C(F)F)c1cc(Cl)cc(CO)c1Cl. The molecule has 0 radical (unpaired) electrons. The highest BCUT2D eigenvalue weighted by atomic mass is 35.5. The smallest absolute Gasteiger partial charge is 0.320 e. The summed E-state index contributed by atoms with van der Waals surface area (Å²) in [5, 5.41) is 8.43. The molecular weight excluding hydrogens is 361 g/mol. The summed E-state index contributed by atoms with van der Waals surface area (Å²) < 4.78 is 74.4. The van der Waals surface area contributed by atoms with Gasteiger partial charge in [-0.05, 0) is 17.7 Å². The molecule has 0 atom stereocenters. The van der Waals surface area contributed by atoms with Crippen molar-refractivity contribution in [2.45, 2.75) is 23.9 Å². The minimum absolute atomic E-state index is 0.0508. The molecule has 0 heterocycles. The van der Waals surface area contributed by atoms with Gasteiger partial charge in [0.25, 0.3) is 0 Å². The molecule has 0 bridgehead atoms. The van der Waals surface area contributed by atoms with E-state index in [0.29, 0.717) is 0 Å². The fraction of sp³-hybridized carbons (Fsp3) is 0.400. The van der Waals surface area contributed by atoms with Crippen LogP contribution in [0.4, 0.5) is 17.6 Å². The fourth-order valence-corrected chi connectivity index (χ4v) is 3.24. The Balaban J connectivity index is 3.12. The van der Waals surface area contributed by atoms with Crippen LogP contribution in [0.3, 0.4) is 0 Å². The van der Waals surface area contributed by atoms with Gasteiger partial charge in [-0.25, -0.2) is 21.9 Å². The van der Waals surface area contributed by atoms with Crippen molar-refractivity contribution in [3.8, 4) is 0 Å². The van der Waals surface area contributed by atoms with E-state index in [-0.39, 0.29) is 10.6 Å². The Labute approximate surface area is 127 Å². The van der Waals surface area contributed by atoms with Gasteiger partial charge in [0.05, 0.1) is 18.2 Å². The molecule has 0 unspecified atom stereocenters. The summed E-state index contributed by atoms with van der Waals surface area (Å²) >= 11 is 11.3. The molecule has 0 fully saturated rings. The van der Waals surface area contributed by atoms with Crippen molar-refractivity contribution in [3.63, 3.8) is 0 Å². The van der Waals surface area contributed by atoms with E-state index in [9.17, 15) is 26.0 Å². The summed E-state index contributed by atoms with van der Waals surface area (Å²) in [6.07, 6.45) is -4.02. The standard InChI is InChI=1S/C10H9Cl2F4NO3S/c11-6-1-5(3-18)8(12)7(2-6)21(19,20)17-4-10(15,16)9(13)14/h1-2,9,17-18H,3-4H2. The summed E-state index contributed by atoms with van der Waals surface area (Å²) in [5.41, 5.74) is -0.0508. The van der Waals surface area contributed by atoms with Crippen LogP contribution in [-0.4, -0.2) is 32.4 Å². The van der Waals surface area contributed by atoms with E-state index >= 15 is 0 Å². The van der Waals surface area contributed by atoms with Crippen molar-refractivity contribution in [2.75, 3.05) is 6.54 Å². The second-order valence-corrected chi connectivity index (χ2v) is 6.47. The van der Waals surface area contributed by atoms with Gasteiger partial charge in [-0.15, -0.1) is 0 Å². The van der Waals surface area contributed by atoms with Gasteiger partial charge in [0.2, 0.25) is 10.0 Å². The molecule has 0 aliphatic carbocycles. The van der Waals surface area contributed by atoms with Crippen molar-refractivity contribution in [3.05, 3.63) is 27.7 Å². The largest absolute Gasteiger partial charge is 0.392 e. The molecule has 0 aliphatic rings. The zero-order valence-corrected chi connectivity index (χ0v) is 12.4. The number of hydrogen-bond acceptors (Lipinski definition) is 3. The molecule has 0 saturated heterocycles. The van der Waals surface area contributed by atoms with Gasteiger partial charge in [0.1, 0.15) is 4.90 Å². The van der Waals surface area contributed by atoms with E-state index in [1.54, 1.807) is 0 Å². The maximum Gasteiger partial charge on any atom is 0.320 e. The molecule has 1 rings (SSSR count). The molecule has 21 heavy (non-hydrogen) atoms. The van der Waals surface area contributed by atoms with Crippen molar-refractivity contribution in [1.82, 2.24) is 4.72 Å². The Hall–Kier alpha value is -0.610. The van der Waals surface area contributed by atoms with Crippen LogP contribution in [0.25, 0.3) is 0 Å². The summed E-state index contributed by atoms with van der Waals surface area (Å²) in [6.45, 7) is -2.45. The maximum absolute atomic E-state index is 12.7. The summed E-state index contributed by atoms with van der Waals surface area (Å²) in [4.78, 5) is -0.689. The number of benzene rings is 1. The number of rotatable bonds is 6. The molecular formula is C10H9Cl2F4NO3S. The number of hydrogen-bond donors (Lipinski definition) is 2. The average Bonchev–Trinajstić information content (AvgIpc) is 2.38. The van der Waals surface area contributed by atoms with E-state index < -0.39 is 45.4 Å². The van der Waals surface area contributed by atoms with Gasteiger partial charge in [-0.3, -0.25) is 0 Å². The third-order valence-electron chi connectivity index (χ3n) is 2.36. The van der Waals surface area contributed by atoms with Crippen molar-refractivity contribution >= 4 is 33.2 Å². The Morgan fingerprint density at radius 2 is 1.86 bits per heavy atom. The van der Waals surface area contributed by atoms with E-state index in [4.69, 9.17) is 28.3 Å². The van der Waals surface area contributed by atoms with E-state index in [1.807, 2.05) is 0 Å². The number of alkyl halides is 4. The number of nitrogens with one attached hydrogen (secondary N) is 1. The molecule has 0 spiro atoms. The first-order chi connectivity index (χ1) is 9.51. The fourth-order valence-electron chi connectivity index (χ4n) is 1.28. The first-order valence-corrected chi connectivity index (χ1v) is 7.49. The Morgan fingerprint density at radius 1 is 1.29 bits per heavy atom. The monoisotopic (exact) mass is 369 g/mol. The molecule has 1 aromatic rings. The number of halogens is 6. The lowest BCUT2D eigenvalue weighted by molar-refractivity contribution is -0.122. The number of aliphatic hydroxyl groups excluding tert-OH is 1. The van der Waals surface area contributed by atoms with E-state index in [2.05, 4.69) is 0 Å². The average molecular weight is 370 g/mol. The predicted molar refractivity (Wildman–Crippen MR) is 68.5 cm³/mol. The van der Waals surface area contributed by atoms with Crippen LogP contribution in [-0.2, 0) is 16.6 Å². The van der Waals surface area contributed by atoms with Crippen LogP contribution in [0.1, 0.15) is 5.56 Å². The molecule has 1 aromatic carbocycles. The third kappa shape index (κ3) is 4.43. The third-order valence-corrected chi connectivity index (χ3v) is 4.56. The molecule has 0 aromatic heterocycles. The highest BCUT2D eigenvalue weighted by Gasteiger charge is 2.41. The van der Waals surface area contributed by atoms with Crippen LogP contribution in [0.5, 0.6) is 0 Å². The second kappa shape index (κ2) is 6.66. The van der Waals surface area contributed by atoms with Crippen molar-refractivity contribution < 1.29 is 31.1 Å². The highest BCUT2D eigenvalue weighted by molar-refractivity contribution is 7.89. The van der Waals surface area contributed by atoms with E-state index in [1.165, 1.54) is 10.8 Å². The van der Waals surface area contributed by atoms with Gasteiger partial charge in [-0.2, -0.15) is 8.78 Å². The maximum atomic E-state index is 12.7.